The molecule has 3 heterocycles. The summed E-state index contributed by atoms with van der Waals surface area (Å²) in [6.45, 7) is 23.5. The number of carbonyl (C=O) groups excluding carboxylic acids is 1. The molecule has 2 aliphatic rings. The number of rotatable bonds is 10. The summed E-state index contributed by atoms with van der Waals surface area (Å²) in [5.41, 5.74) is 4.19. The van der Waals surface area contributed by atoms with Crippen LogP contribution in [0.5, 0.6) is 0 Å². The molecule has 1 N–H and O–H groups in total. The highest BCUT2D eigenvalue weighted by molar-refractivity contribution is 5.95. The van der Waals surface area contributed by atoms with Gasteiger partial charge in [-0.2, -0.15) is 4.98 Å². The summed E-state index contributed by atoms with van der Waals surface area (Å²) in [5.74, 6) is 0.328. The smallest absolute Gasteiger partial charge is 0.355 e. The van der Waals surface area contributed by atoms with Crippen LogP contribution in [-0.4, -0.2) is 59.8 Å². The van der Waals surface area contributed by atoms with Crippen LogP contribution in [0.2, 0.25) is 0 Å². The number of aromatic nitrogens is 2. The minimum absolute atomic E-state index is 0.257. The number of nitrogens with one attached hydrogen (secondary N) is 1. The second kappa shape index (κ2) is 19.8. The molecule has 1 saturated heterocycles. The SMILES string of the molecule is C=C/C=C(C=C)/C=C/CN1CCN(c2nc(=O)n(-c3ccccc3)c3c2C(c2ccccc2)C(C(=O)OCC)=C(C)N3)CC1.CC.CCC. The van der Waals surface area contributed by atoms with E-state index in [0.717, 1.165) is 36.3 Å². The Labute approximate surface area is 292 Å². The lowest BCUT2D eigenvalue weighted by molar-refractivity contribution is -0.138. The summed E-state index contributed by atoms with van der Waals surface area (Å²) in [6, 6.07) is 19.4. The maximum Gasteiger partial charge on any atom is 0.355 e. The van der Waals surface area contributed by atoms with Crippen LogP contribution < -0.4 is 15.9 Å². The van der Waals surface area contributed by atoms with Gasteiger partial charge in [-0.05, 0) is 37.1 Å². The predicted molar refractivity (Wildman–Crippen MR) is 205 cm³/mol. The first-order valence-electron chi connectivity index (χ1n) is 17.4. The number of carbonyl (C=O) groups is 1. The molecule has 49 heavy (non-hydrogen) atoms. The molecule has 8 nitrogen and oxygen atoms in total. The lowest BCUT2D eigenvalue weighted by atomic mass is 9.81. The Hall–Kier alpha value is -4.95. The van der Waals surface area contributed by atoms with Gasteiger partial charge < -0.3 is 15.0 Å². The van der Waals surface area contributed by atoms with Gasteiger partial charge in [0, 0.05) is 44.0 Å². The third-order valence-electron chi connectivity index (χ3n) is 7.93. The van der Waals surface area contributed by atoms with Crippen LogP contribution in [0.1, 0.15) is 65.0 Å². The molecular formula is C41H53N5O3. The number of ether oxygens (including phenoxy) is 1. The zero-order chi connectivity index (χ0) is 35.8. The van der Waals surface area contributed by atoms with Crippen LogP contribution in [-0.2, 0) is 9.53 Å². The number of allylic oxidation sites excluding steroid dienone is 6. The van der Waals surface area contributed by atoms with Gasteiger partial charge in [0.05, 0.1) is 23.8 Å². The molecule has 5 rings (SSSR count). The summed E-state index contributed by atoms with van der Waals surface area (Å²) < 4.78 is 7.17. The molecule has 0 aliphatic carbocycles. The molecule has 8 heteroatoms. The molecule has 2 aliphatic heterocycles. The Bertz CT molecular complexity index is 1680. The van der Waals surface area contributed by atoms with E-state index in [1.54, 1.807) is 23.6 Å². The summed E-state index contributed by atoms with van der Waals surface area (Å²) >= 11 is 0. The number of hydrogen-bond acceptors (Lipinski definition) is 7. The average Bonchev–Trinajstić information content (AvgIpc) is 3.12. The van der Waals surface area contributed by atoms with Crippen molar-refractivity contribution in [1.29, 1.82) is 0 Å². The predicted octanol–water partition coefficient (Wildman–Crippen LogP) is 8.05. The Morgan fingerprint density at radius 1 is 0.980 bits per heavy atom. The minimum atomic E-state index is -0.487. The molecule has 1 aromatic heterocycles. The zero-order valence-electron chi connectivity index (χ0n) is 30.1. The highest BCUT2D eigenvalue weighted by atomic mass is 16.5. The Morgan fingerprint density at radius 3 is 2.16 bits per heavy atom. The summed E-state index contributed by atoms with van der Waals surface area (Å²) in [6.07, 6.45) is 10.9. The second-order valence-electron chi connectivity index (χ2n) is 11.4. The fraction of sp³-hybridized carbons (Fsp3) is 0.341. The number of hydrogen-bond donors (Lipinski definition) is 1. The monoisotopic (exact) mass is 663 g/mol. The fourth-order valence-electron chi connectivity index (χ4n) is 5.84. The number of benzene rings is 2. The van der Waals surface area contributed by atoms with Crippen LogP contribution in [0.25, 0.3) is 5.69 Å². The summed E-state index contributed by atoms with van der Waals surface area (Å²) in [7, 11) is 0. The number of fused-ring (bicyclic) bond motifs is 1. The van der Waals surface area contributed by atoms with Crippen LogP contribution >= 0.6 is 0 Å². The third kappa shape index (κ3) is 9.57. The van der Waals surface area contributed by atoms with E-state index in [9.17, 15) is 9.59 Å². The Morgan fingerprint density at radius 2 is 1.59 bits per heavy atom. The van der Waals surface area contributed by atoms with Gasteiger partial charge in [-0.25, -0.2) is 14.2 Å². The third-order valence-corrected chi connectivity index (χ3v) is 7.93. The average molecular weight is 664 g/mol. The van der Waals surface area contributed by atoms with Crippen molar-refractivity contribution < 1.29 is 9.53 Å². The zero-order valence-corrected chi connectivity index (χ0v) is 30.1. The van der Waals surface area contributed by atoms with Crippen LogP contribution in [0.15, 0.2) is 126 Å². The minimum Gasteiger partial charge on any atom is -0.463 e. The summed E-state index contributed by atoms with van der Waals surface area (Å²) in [5, 5.41) is 3.43. The van der Waals surface area contributed by atoms with E-state index < -0.39 is 5.92 Å². The van der Waals surface area contributed by atoms with E-state index in [4.69, 9.17) is 9.72 Å². The fourth-order valence-corrected chi connectivity index (χ4v) is 5.84. The van der Waals surface area contributed by atoms with E-state index in [0.29, 0.717) is 41.7 Å². The van der Waals surface area contributed by atoms with Gasteiger partial charge in [0.1, 0.15) is 11.6 Å². The van der Waals surface area contributed by atoms with Gasteiger partial charge in [-0.1, -0.05) is 126 Å². The van der Waals surface area contributed by atoms with Crippen molar-refractivity contribution in [2.24, 2.45) is 0 Å². The van der Waals surface area contributed by atoms with Gasteiger partial charge in [-0.15, -0.1) is 0 Å². The molecule has 1 unspecified atom stereocenters. The van der Waals surface area contributed by atoms with Gasteiger partial charge in [0.2, 0.25) is 0 Å². The van der Waals surface area contributed by atoms with Gasteiger partial charge >= 0.3 is 11.7 Å². The number of esters is 1. The van der Waals surface area contributed by atoms with E-state index in [1.807, 2.05) is 93.6 Å². The topological polar surface area (TPSA) is 79.7 Å². The molecule has 3 aromatic rings. The number of anilines is 2. The highest BCUT2D eigenvalue weighted by Gasteiger charge is 2.39. The maximum atomic E-state index is 13.8. The number of piperazine rings is 1. The van der Waals surface area contributed by atoms with Gasteiger partial charge in [0.15, 0.2) is 0 Å². The Balaban J connectivity index is 0.00000123. The van der Waals surface area contributed by atoms with Gasteiger partial charge in [-0.3, -0.25) is 4.90 Å². The van der Waals surface area contributed by atoms with Crippen molar-refractivity contribution in [1.82, 2.24) is 14.5 Å². The second-order valence-corrected chi connectivity index (χ2v) is 11.4. The molecule has 0 spiro atoms. The van der Waals surface area contributed by atoms with E-state index in [-0.39, 0.29) is 18.3 Å². The van der Waals surface area contributed by atoms with Crippen molar-refractivity contribution in [2.45, 2.75) is 53.9 Å². The van der Waals surface area contributed by atoms with Crippen molar-refractivity contribution in [3.05, 3.63) is 143 Å². The molecular weight excluding hydrogens is 610 g/mol. The van der Waals surface area contributed by atoms with E-state index >= 15 is 0 Å². The highest BCUT2D eigenvalue weighted by Crippen LogP contribution is 2.46. The van der Waals surface area contributed by atoms with Crippen molar-refractivity contribution in [3.8, 4) is 5.69 Å². The van der Waals surface area contributed by atoms with Gasteiger partial charge in [0.25, 0.3) is 0 Å². The molecule has 1 atom stereocenters. The van der Waals surface area contributed by atoms with Crippen molar-refractivity contribution >= 4 is 17.6 Å². The number of para-hydroxylation sites is 1. The first kappa shape index (κ1) is 38.5. The summed E-state index contributed by atoms with van der Waals surface area (Å²) in [4.78, 5) is 36.6. The van der Waals surface area contributed by atoms with Crippen molar-refractivity contribution in [3.63, 3.8) is 0 Å². The first-order valence-corrected chi connectivity index (χ1v) is 17.4. The molecule has 2 aromatic carbocycles. The molecule has 0 bridgehead atoms. The number of nitrogens with zero attached hydrogens (tertiary/aromatic N) is 4. The van der Waals surface area contributed by atoms with Crippen LogP contribution in [0.4, 0.5) is 11.6 Å². The van der Waals surface area contributed by atoms with Crippen molar-refractivity contribution in [2.75, 3.05) is 49.5 Å². The molecule has 260 valence electrons. The Kier molecular flexibility index (Phi) is 15.5. The lowest BCUT2D eigenvalue weighted by Crippen LogP contribution is -2.48. The quantitative estimate of drug-likeness (QED) is 0.174. The lowest BCUT2D eigenvalue weighted by Gasteiger charge is -2.39. The van der Waals surface area contributed by atoms with E-state index in [2.05, 4.69) is 48.2 Å². The largest absolute Gasteiger partial charge is 0.463 e. The van der Waals surface area contributed by atoms with E-state index in [1.165, 1.54) is 6.42 Å². The molecule has 0 amide bonds. The van der Waals surface area contributed by atoms with Crippen LogP contribution in [0.3, 0.4) is 0 Å². The van der Waals surface area contributed by atoms with Crippen LogP contribution in [0, 0.1) is 0 Å². The molecule has 0 radical (unpaired) electrons. The standard InChI is InChI=1S/C36H39N5O3.C3H8.C2H6/c1-5-15-27(6-2)16-14-21-39-22-24-40(25-23-39)33-32-31(28-17-10-8-11-18-28)30(35(42)44-7-3)26(4)37-34(32)41(36(43)38-33)29-19-12-9-13-20-29;1-3-2;1-2/h5-6,8-20,31,37H,1-2,7,21-25H2,3-4H3;3H2,1-2H3;1-2H3/b16-14+,27-15+;;. The molecule has 1 fully saturated rings. The molecule has 0 saturated carbocycles. The first-order chi connectivity index (χ1) is 23.9. The maximum absolute atomic E-state index is 13.8. The normalized spacial score (nSPS) is 16.0.